The first-order chi connectivity index (χ1) is 6.95. The molecule has 0 aliphatic carbocycles. The minimum atomic E-state index is -1.05. The molecule has 86 valence electrons. The van der Waals surface area contributed by atoms with E-state index in [1.165, 1.54) is 6.92 Å². The van der Waals surface area contributed by atoms with Crippen molar-refractivity contribution in [3.05, 3.63) is 12.2 Å². The molecule has 2 unspecified atom stereocenters. The maximum absolute atomic E-state index is 10.4. The largest absolute Gasteiger partial charge is 0.480 e. The Morgan fingerprint density at radius 2 is 1.93 bits per heavy atom. The van der Waals surface area contributed by atoms with E-state index in [0.29, 0.717) is 6.54 Å². The van der Waals surface area contributed by atoms with Gasteiger partial charge in [-0.25, -0.2) is 0 Å². The van der Waals surface area contributed by atoms with Crippen molar-refractivity contribution in [2.24, 2.45) is 5.73 Å². The molecule has 2 atom stereocenters. The van der Waals surface area contributed by atoms with Crippen molar-refractivity contribution in [1.29, 1.82) is 0 Å². The fourth-order valence-corrected chi connectivity index (χ4v) is 0.759. The second-order valence-corrected chi connectivity index (χ2v) is 3.12. The van der Waals surface area contributed by atoms with Gasteiger partial charge >= 0.3 is 11.9 Å². The first kappa shape index (κ1) is 13.6. The number of nitrogens with two attached hydrogens (primary N) is 1. The van der Waals surface area contributed by atoms with Gasteiger partial charge in [-0.1, -0.05) is 12.2 Å². The summed E-state index contributed by atoms with van der Waals surface area (Å²) in [7, 11) is 0. The lowest BCUT2D eigenvalue weighted by molar-refractivity contribution is -0.139. The normalized spacial score (nSPS) is 15.1. The predicted octanol–water partition coefficient (Wildman–Crippen LogP) is -0.593. The van der Waals surface area contributed by atoms with Crippen molar-refractivity contribution >= 4 is 11.9 Å². The molecule has 0 aromatic carbocycles. The maximum Gasteiger partial charge on any atom is 0.320 e. The highest BCUT2D eigenvalue weighted by Gasteiger charge is 2.09. The van der Waals surface area contributed by atoms with E-state index < -0.39 is 24.0 Å². The van der Waals surface area contributed by atoms with Crippen LogP contribution in [-0.4, -0.2) is 40.8 Å². The van der Waals surface area contributed by atoms with E-state index in [9.17, 15) is 9.59 Å². The van der Waals surface area contributed by atoms with E-state index >= 15 is 0 Å². The Labute approximate surface area is 87.8 Å². The highest BCUT2D eigenvalue weighted by atomic mass is 16.4. The SMILES string of the molecule is CC(NCC=CCC(N)C(=O)O)C(=O)O. The smallest absolute Gasteiger partial charge is 0.320 e. The third-order valence-electron chi connectivity index (χ3n) is 1.79. The summed E-state index contributed by atoms with van der Waals surface area (Å²) >= 11 is 0. The summed E-state index contributed by atoms with van der Waals surface area (Å²) in [5.74, 6) is -1.97. The number of carboxylic acids is 2. The Hall–Kier alpha value is -1.40. The molecule has 6 heteroatoms. The molecule has 0 amide bonds. The molecule has 0 saturated heterocycles. The van der Waals surface area contributed by atoms with Gasteiger partial charge < -0.3 is 21.3 Å². The zero-order valence-corrected chi connectivity index (χ0v) is 8.51. The minimum Gasteiger partial charge on any atom is -0.480 e. The van der Waals surface area contributed by atoms with Crippen LogP contribution in [0.4, 0.5) is 0 Å². The van der Waals surface area contributed by atoms with E-state index in [0.717, 1.165) is 0 Å². The van der Waals surface area contributed by atoms with Gasteiger partial charge in [0.2, 0.25) is 0 Å². The molecule has 0 bridgehead atoms. The molecular formula is C9H16N2O4. The standard InChI is InChI=1S/C9H16N2O4/c1-6(8(12)13)11-5-3-2-4-7(10)9(14)15/h2-3,6-7,11H,4-5,10H2,1H3,(H,12,13)(H,14,15). The van der Waals surface area contributed by atoms with Crippen LogP contribution in [0.5, 0.6) is 0 Å². The molecule has 0 aromatic heterocycles. The topological polar surface area (TPSA) is 113 Å². The quantitative estimate of drug-likeness (QED) is 0.423. The van der Waals surface area contributed by atoms with Crippen molar-refractivity contribution in [3.8, 4) is 0 Å². The fraction of sp³-hybridized carbons (Fsp3) is 0.556. The van der Waals surface area contributed by atoms with Crippen LogP contribution in [0.25, 0.3) is 0 Å². The first-order valence-corrected chi connectivity index (χ1v) is 4.54. The van der Waals surface area contributed by atoms with Gasteiger partial charge in [0.1, 0.15) is 12.1 Å². The van der Waals surface area contributed by atoms with Crippen LogP contribution < -0.4 is 11.1 Å². The average Bonchev–Trinajstić information content (AvgIpc) is 2.16. The molecule has 0 aliphatic heterocycles. The summed E-state index contributed by atoms with van der Waals surface area (Å²) in [5, 5.41) is 19.7. The lowest BCUT2D eigenvalue weighted by atomic mass is 10.2. The summed E-state index contributed by atoms with van der Waals surface area (Å²) in [6.07, 6.45) is 3.50. The lowest BCUT2D eigenvalue weighted by Crippen LogP contribution is -2.33. The number of carboxylic acid groups (broad SMARTS) is 2. The molecule has 6 nitrogen and oxygen atoms in total. The second-order valence-electron chi connectivity index (χ2n) is 3.12. The molecule has 0 saturated carbocycles. The molecule has 0 fully saturated rings. The summed E-state index contributed by atoms with van der Waals surface area (Å²) in [5.41, 5.74) is 5.24. The summed E-state index contributed by atoms with van der Waals surface area (Å²) in [4.78, 5) is 20.7. The Bertz CT molecular complexity index is 252. The average molecular weight is 216 g/mol. The van der Waals surface area contributed by atoms with Gasteiger partial charge in [0.05, 0.1) is 0 Å². The second kappa shape index (κ2) is 6.97. The fourth-order valence-electron chi connectivity index (χ4n) is 0.759. The van der Waals surface area contributed by atoms with Crippen molar-refractivity contribution < 1.29 is 19.8 Å². The molecule has 0 heterocycles. The van der Waals surface area contributed by atoms with Crippen molar-refractivity contribution in [2.45, 2.75) is 25.4 Å². The van der Waals surface area contributed by atoms with Gasteiger partial charge in [-0.15, -0.1) is 0 Å². The summed E-state index contributed by atoms with van der Waals surface area (Å²) < 4.78 is 0. The number of nitrogens with one attached hydrogen (secondary N) is 1. The van der Waals surface area contributed by atoms with E-state index in [2.05, 4.69) is 5.32 Å². The zero-order valence-electron chi connectivity index (χ0n) is 8.51. The maximum atomic E-state index is 10.4. The highest BCUT2D eigenvalue weighted by Crippen LogP contribution is 1.90. The van der Waals surface area contributed by atoms with Gasteiger partial charge in [0.25, 0.3) is 0 Å². The van der Waals surface area contributed by atoms with Crippen LogP contribution >= 0.6 is 0 Å². The Balaban J connectivity index is 3.64. The van der Waals surface area contributed by atoms with Crippen LogP contribution in [0.1, 0.15) is 13.3 Å². The number of aliphatic carboxylic acids is 2. The van der Waals surface area contributed by atoms with E-state index in [4.69, 9.17) is 15.9 Å². The van der Waals surface area contributed by atoms with Crippen LogP contribution in [0.2, 0.25) is 0 Å². The van der Waals surface area contributed by atoms with Gasteiger partial charge in [-0.2, -0.15) is 0 Å². The monoisotopic (exact) mass is 216 g/mol. The molecule has 0 rings (SSSR count). The van der Waals surface area contributed by atoms with Gasteiger partial charge in [-0.05, 0) is 13.3 Å². The van der Waals surface area contributed by atoms with Crippen molar-refractivity contribution in [3.63, 3.8) is 0 Å². The summed E-state index contributed by atoms with van der Waals surface area (Å²) in [6, 6.07) is -1.53. The molecular weight excluding hydrogens is 200 g/mol. The number of hydrogen-bond acceptors (Lipinski definition) is 4. The van der Waals surface area contributed by atoms with Crippen LogP contribution in [0.3, 0.4) is 0 Å². The van der Waals surface area contributed by atoms with Gasteiger partial charge in [-0.3, -0.25) is 9.59 Å². The molecule has 0 aliphatic rings. The van der Waals surface area contributed by atoms with Crippen LogP contribution in [0, 0.1) is 0 Å². The van der Waals surface area contributed by atoms with Gasteiger partial charge in [0.15, 0.2) is 0 Å². The summed E-state index contributed by atoms with van der Waals surface area (Å²) in [6.45, 7) is 1.90. The number of hydrogen-bond donors (Lipinski definition) is 4. The third kappa shape index (κ3) is 6.64. The molecule has 0 radical (unpaired) electrons. The third-order valence-corrected chi connectivity index (χ3v) is 1.79. The molecule has 0 aromatic rings. The Morgan fingerprint density at radius 1 is 1.33 bits per heavy atom. The molecule has 0 spiro atoms. The van der Waals surface area contributed by atoms with E-state index in [1.54, 1.807) is 12.2 Å². The number of rotatable bonds is 7. The lowest BCUT2D eigenvalue weighted by Gasteiger charge is -2.05. The first-order valence-electron chi connectivity index (χ1n) is 4.54. The highest BCUT2D eigenvalue weighted by molar-refractivity contribution is 5.73. The predicted molar refractivity (Wildman–Crippen MR) is 54.5 cm³/mol. The van der Waals surface area contributed by atoms with Crippen molar-refractivity contribution in [1.82, 2.24) is 5.32 Å². The van der Waals surface area contributed by atoms with Crippen molar-refractivity contribution in [2.75, 3.05) is 6.54 Å². The van der Waals surface area contributed by atoms with Crippen LogP contribution in [0.15, 0.2) is 12.2 Å². The molecule has 15 heavy (non-hydrogen) atoms. The van der Waals surface area contributed by atoms with E-state index in [1.807, 2.05) is 0 Å². The number of carbonyl (C=O) groups is 2. The van der Waals surface area contributed by atoms with E-state index in [-0.39, 0.29) is 6.42 Å². The Kier molecular flexibility index (Phi) is 6.32. The molecule has 5 N–H and O–H groups in total. The minimum absolute atomic E-state index is 0.235. The van der Waals surface area contributed by atoms with Gasteiger partial charge in [0, 0.05) is 6.54 Å². The van der Waals surface area contributed by atoms with Crippen LogP contribution in [-0.2, 0) is 9.59 Å². The Morgan fingerprint density at radius 3 is 2.40 bits per heavy atom. The zero-order chi connectivity index (χ0) is 11.8.